The van der Waals surface area contributed by atoms with Crippen molar-refractivity contribution in [3.05, 3.63) is 36.2 Å². The van der Waals surface area contributed by atoms with Gasteiger partial charge in [-0.05, 0) is 29.7 Å². The lowest BCUT2D eigenvalue weighted by atomic mass is 9.98. The van der Waals surface area contributed by atoms with Crippen molar-refractivity contribution in [2.45, 2.75) is 12.8 Å². The second-order valence-corrected chi connectivity index (χ2v) is 4.75. The molecule has 20 heavy (non-hydrogen) atoms. The van der Waals surface area contributed by atoms with Gasteiger partial charge in [-0.25, -0.2) is 4.98 Å². The minimum absolute atomic E-state index is 0.0412. The highest BCUT2D eigenvalue weighted by Crippen LogP contribution is 2.27. The Bertz CT molecular complexity index is 723. The normalized spacial score (nSPS) is 14.9. The van der Waals surface area contributed by atoms with Crippen LogP contribution in [0.2, 0.25) is 0 Å². The van der Waals surface area contributed by atoms with E-state index in [-0.39, 0.29) is 12.3 Å². The van der Waals surface area contributed by atoms with Crippen LogP contribution in [0.1, 0.15) is 18.4 Å². The summed E-state index contributed by atoms with van der Waals surface area (Å²) in [5.41, 5.74) is 3.29. The van der Waals surface area contributed by atoms with Gasteiger partial charge in [0.2, 0.25) is 5.91 Å². The monoisotopic (exact) mass is 266 g/mol. The minimum atomic E-state index is -0.0932. The van der Waals surface area contributed by atoms with E-state index >= 15 is 0 Å². The van der Waals surface area contributed by atoms with Crippen LogP contribution in [-0.4, -0.2) is 33.9 Å². The first-order valence-corrected chi connectivity index (χ1v) is 6.56. The van der Waals surface area contributed by atoms with Crippen LogP contribution in [0, 0.1) is 11.3 Å². The van der Waals surface area contributed by atoms with Crippen molar-refractivity contribution in [2.75, 3.05) is 13.1 Å². The van der Waals surface area contributed by atoms with Crippen molar-refractivity contribution in [3.63, 3.8) is 0 Å². The SMILES string of the molecule is N#CCC(=O)N1CC=C(c2ccnc3[nH]ccc23)CC1. The van der Waals surface area contributed by atoms with Crippen molar-refractivity contribution < 1.29 is 4.79 Å². The zero-order valence-electron chi connectivity index (χ0n) is 11.0. The van der Waals surface area contributed by atoms with Crippen LogP contribution >= 0.6 is 0 Å². The molecule has 0 spiro atoms. The van der Waals surface area contributed by atoms with Gasteiger partial charge in [0.15, 0.2) is 0 Å². The molecule has 1 amide bonds. The molecule has 0 fully saturated rings. The molecule has 0 aliphatic carbocycles. The Hall–Kier alpha value is -2.61. The Balaban J connectivity index is 1.85. The number of fused-ring (bicyclic) bond motifs is 1. The number of rotatable bonds is 2. The third-order valence-electron chi connectivity index (χ3n) is 3.60. The maximum Gasteiger partial charge on any atom is 0.237 e. The Kier molecular flexibility index (Phi) is 3.21. The molecule has 0 saturated heterocycles. The number of pyridine rings is 1. The van der Waals surface area contributed by atoms with Gasteiger partial charge in [0.05, 0.1) is 6.07 Å². The summed E-state index contributed by atoms with van der Waals surface area (Å²) in [7, 11) is 0. The third kappa shape index (κ3) is 2.16. The fourth-order valence-electron chi connectivity index (χ4n) is 2.56. The number of nitrogens with zero attached hydrogens (tertiary/aromatic N) is 3. The fraction of sp³-hybridized carbons (Fsp3) is 0.267. The van der Waals surface area contributed by atoms with Crippen LogP contribution in [-0.2, 0) is 4.79 Å². The number of aromatic nitrogens is 2. The number of hydrogen-bond donors (Lipinski definition) is 1. The summed E-state index contributed by atoms with van der Waals surface area (Å²) in [6.07, 6.45) is 6.51. The number of carbonyl (C=O) groups is 1. The Morgan fingerprint density at radius 1 is 1.50 bits per heavy atom. The average molecular weight is 266 g/mol. The number of H-pyrrole nitrogens is 1. The molecule has 2 aromatic heterocycles. The molecule has 1 aliphatic heterocycles. The van der Waals surface area contributed by atoms with E-state index in [9.17, 15) is 4.79 Å². The van der Waals surface area contributed by atoms with Gasteiger partial charge in [0.1, 0.15) is 12.1 Å². The second-order valence-electron chi connectivity index (χ2n) is 4.75. The molecule has 0 aromatic carbocycles. The van der Waals surface area contributed by atoms with Crippen LogP contribution in [0.25, 0.3) is 16.6 Å². The number of hydrogen-bond acceptors (Lipinski definition) is 3. The zero-order valence-corrected chi connectivity index (χ0v) is 11.0. The van der Waals surface area contributed by atoms with Crippen molar-refractivity contribution in [1.82, 2.24) is 14.9 Å². The van der Waals surface area contributed by atoms with Gasteiger partial charge in [0.25, 0.3) is 0 Å². The van der Waals surface area contributed by atoms with E-state index in [4.69, 9.17) is 5.26 Å². The predicted octanol–water partition coefficient (Wildman–Crippen LogP) is 2.09. The Morgan fingerprint density at radius 3 is 3.15 bits per heavy atom. The highest BCUT2D eigenvalue weighted by atomic mass is 16.2. The van der Waals surface area contributed by atoms with Gasteiger partial charge in [-0.15, -0.1) is 0 Å². The number of aromatic amines is 1. The first-order chi connectivity index (χ1) is 9.79. The summed E-state index contributed by atoms with van der Waals surface area (Å²) < 4.78 is 0. The highest BCUT2D eigenvalue weighted by Gasteiger charge is 2.18. The van der Waals surface area contributed by atoms with E-state index < -0.39 is 0 Å². The maximum absolute atomic E-state index is 11.7. The number of nitriles is 1. The topological polar surface area (TPSA) is 72.8 Å². The zero-order chi connectivity index (χ0) is 13.9. The molecule has 3 heterocycles. The molecular weight excluding hydrogens is 252 g/mol. The highest BCUT2D eigenvalue weighted by molar-refractivity contribution is 5.90. The molecule has 0 atom stereocenters. The minimum Gasteiger partial charge on any atom is -0.346 e. The second kappa shape index (κ2) is 5.17. The van der Waals surface area contributed by atoms with Crippen molar-refractivity contribution in [2.24, 2.45) is 0 Å². The lowest BCUT2D eigenvalue weighted by molar-refractivity contribution is -0.129. The Labute approximate surface area is 116 Å². The van der Waals surface area contributed by atoms with Gasteiger partial charge < -0.3 is 9.88 Å². The number of carbonyl (C=O) groups excluding carboxylic acids is 1. The van der Waals surface area contributed by atoms with Gasteiger partial charge in [-0.2, -0.15) is 5.26 Å². The molecule has 0 unspecified atom stereocenters. The van der Waals surface area contributed by atoms with Crippen LogP contribution in [0.4, 0.5) is 0 Å². The molecule has 0 bridgehead atoms. The molecule has 2 aromatic rings. The molecule has 5 heteroatoms. The van der Waals surface area contributed by atoms with Crippen LogP contribution in [0.3, 0.4) is 0 Å². The van der Waals surface area contributed by atoms with E-state index in [2.05, 4.69) is 16.0 Å². The number of amides is 1. The first-order valence-electron chi connectivity index (χ1n) is 6.56. The molecule has 0 radical (unpaired) electrons. The van der Waals surface area contributed by atoms with Crippen LogP contribution in [0.15, 0.2) is 30.6 Å². The number of nitrogens with one attached hydrogen (secondary N) is 1. The maximum atomic E-state index is 11.7. The van der Waals surface area contributed by atoms with Gasteiger partial charge >= 0.3 is 0 Å². The summed E-state index contributed by atoms with van der Waals surface area (Å²) in [6.45, 7) is 1.24. The fourth-order valence-corrected chi connectivity index (χ4v) is 2.56. The van der Waals surface area contributed by atoms with Gasteiger partial charge in [-0.3, -0.25) is 4.79 Å². The van der Waals surface area contributed by atoms with Crippen molar-refractivity contribution in [1.29, 1.82) is 5.26 Å². The standard InChI is InChI=1S/C15H14N4O/c16-6-1-14(20)19-9-4-11(5-10-19)12-2-7-17-15-13(12)3-8-18-15/h2-4,7-8H,1,5,9-10H2,(H,17,18). The van der Waals surface area contributed by atoms with E-state index in [1.807, 2.05) is 24.4 Å². The first kappa shape index (κ1) is 12.4. The van der Waals surface area contributed by atoms with Crippen molar-refractivity contribution >= 4 is 22.5 Å². The van der Waals surface area contributed by atoms with E-state index in [1.54, 1.807) is 11.1 Å². The lowest BCUT2D eigenvalue weighted by Gasteiger charge is -2.26. The summed E-state index contributed by atoms with van der Waals surface area (Å²) >= 11 is 0. The van der Waals surface area contributed by atoms with Crippen LogP contribution in [0.5, 0.6) is 0 Å². The molecule has 1 aliphatic rings. The van der Waals surface area contributed by atoms with E-state index in [0.717, 1.165) is 17.5 Å². The molecule has 1 N–H and O–H groups in total. The molecule has 0 saturated carbocycles. The van der Waals surface area contributed by atoms with Crippen molar-refractivity contribution in [3.8, 4) is 6.07 Å². The van der Waals surface area contributed by atoms with E-state index in [0.29, 0.717) is 13.1 Å². The van der Waals surface area contributed by atoms with E-state index in [1.165, 1.54) is 11.1 Å². The smallest absolute Gasteiger partial charge is 0.237 e. The summed E-state index contributed by atoms with van der Waals surface area (Å²) in [4.78, 5) is 20.8. The quantitative estimate of drug-likeness (QED) is 0.904. The summed E-state index contributed by atoms with van der Waals surface area (Å²) in [5.74, 6) is -0.0932. The van der Waals surface area contributed by atoms with Gasteiger partial charge in [0, 0.05) is 30.9 Å². The average Bonchev–Trinajstić information content (AvgIpc) is 2.96. The third-order valence-corrected chi connectivity index (χ3v) is 3.60. The Morgan fingerprint density at radius 2 is 2.40 bits per heavy atom. The summed E-state index contributed by atoms with van der Waals surface area (Å²) in [5, 5.41) is 9.68. The molecule has 3 rings (SSSR count). The lowest BCUT2D eigenvalue weighted by Crippen LogP contribution is -2.34. The molecular formula is C15H14N4O. The molecule has 100 valence electrons. The van der Waals surface area contributed by atoms with Gasteiger partial charge in [-0.1, -0.05) is 6.08 Å². The molecule has 5 nitrogen and oxygen atoms in total. The predicted molar refractivity (Wildman–Crippen MR) is 75.5 cm³/mol. The largest absolute Gasteiger partial charge is 0.346 e. The van der Waals surface area contributed by atoms with Crippen LogP contribution < -0.4 is 0 Å². The summed E-state index contributed by atoms with van der Waals surface area (Å²) in [6, 6.07) is 5.93.